The second-order valence-corrected chi connectivity index (χ2v) is 5.38. The van der Waals surface area contributed by atoms with Gasteiger partial charge in [0.1, 0.15) is 11.3 Å². The normalized spacial score (nSPS) is 21.0. The minimum absolute atomic E-state index is 0.0159. The third kappa shape index (κ3) is 2.22. The number of urea groups is 1. The number of rotatable bonds is 4. The van der Waals surface area contributed by atoms with Gasteiger partial charge in [0.2, 0.25) is 0 Å². The summed E-state index contributed by atoms with van der Waals surface area (Å²) in [5.74, 6) is 0.148. The Morgan fingerprint density at radius 2 is 2.05 bits per heavy atom. The quantitative estimate of drug-likeness (QED) is 0.708. The SMILES string of the molecule is CCOc1ccc2[nH]n(CC3(C)NC(=O)NC3=O)c(=O)c2c1. The fourth-order valence-electron chi connectivity index (χ4n) is 2.51. The zero-order valence-corrected chi connectivity index (χ0v) is 12.2. The van der Waals surface area contributed by atoms with Gasteiger partial charge in [0.25, 0.3) is 11.5 Å². The molecule has 0 radical (unpaired) electrons. The first-order valence-electron chi connectivity index (χ1n) is 6.92. The number of amides is 3. The monoisotopic (exact) mass is 304 g/mol. The van der Waals surface area contributed by atoms with E-state index in [1.54, 1.807) is 25.1 Å². The summed E-state index contributed by atoms with van der Waals surface area (Å²) in [6, 6.07) is 4.60. The van der Waals surface area contributed by atoms with Crippen molar-refractivity contribution in [3.63, 3.8) is 0 Å². The Morgan fingerprint density at radius 1 is 1.27 bits per heavy atom. The van der Waals surface area contributed by atoms with Crippen molar-refractivity contribution in [1.29, 1.82) is 0 Å². The summed E-state index contributed by atoms with van der Waals surface area (Å²) in [5, 5.41) is 8.11. The number of hydrogen-bond acceptors (Lipinski definition) is 4. The molecule has 1 atom stereocenters. The number of aromatic amines is 1. The number of aromatic nitrogens is 2. The molecule has 1 saturated heterocycles. The van der Waals surface area contributed by atoms with Crippen molar-refractivity contribution in [2.75, 3.05) is 6.61 Å². The molecule has 3 amide bonds. The standard InChI is InChI=1S/C14H16N4O4/c1-3-22-8-4-5-10-9(6-8)11(19)18(17-10)7-14(2)12(20)15-13(21)16-14/h4-6,17H,3,7H2,1-2H3,(H2,15,16,20,21). The molecule has 0 bridgehead atoms. The third-order valence-corrected chi connectivity index (χ3v) is 3.62. The summed E-state index contributed by atoms with van der Waals surface area (Å²) in [6.45, 7) is 3.95. The largest absolute Gasteiger partial charge is 0.494 e. The molecule has 1 fully saturated rings. The predicted octanol–water partition coefficient (Wildman–Crippen LogP) is 0.326. The van der Waals surface area contributed by atoms with E-state index in [9.17, 15) is 14.4 Å². The number of fused-ring (bicyclic) bond motifs is 1. The van der Waals surface area contributed by atoms with E-state index in [2.05, 4.69) is 15.7 Å². The van der Waals surface area contributed by atoms with Crippen LogP contribution in [0.25, 0.3) is 10.9 Å². The van der Waals surface area contributed by atoms with Gasteiger partial charge in [0.05, 0.1) is 24.1 Å². The first-order chi connectivity index (χ1) is 10.4. The number of carbonyl (C=O) groups is 2. The summed E-state index contributed by atoms with van der Waals surface area (Å²) in [4.78, 5) is 35.5. The highest BCUT2D eigenvalue weighted by molar-refractivity contribution is 6.06. The topological polar surface area (TPSA) is 105 Å². The van der Waals surface area contributed by atoms with E-state index >= 15 is 0 Å². The number of carbonyl (C=O) groups excluding carboxylic acids is 2. The van der Waals surface area contributed by atoms with Crippen molar-refractivity contribution in [2.45, 2.75) is 25.9 Å². The van der Waals surface area contributed by atoms with Gasteiger partial charge in [-0.1, -0.05) is 0 Å². The highest BCUT2D eigenvalue weighted by Gasteiger charge is 2.42. The van der Waals surface area contributed by atoms with Gasteiger partial charge < -0.3 is 10.1 Å². The predicted molar refractivity (Wildman–Crippen MR) is 78.8 cm³/mol. The highest BCUT2D eigenvalue weighted by atomic mass is 16.5. The molecule has 1 aliphatic rings. The minimum Gasteiger partial charge on any atom is -0.494 e. The van der Waals surface area contributed by atoms with E-state index in [1.807, 2.05) is 6.92 Å². The molecule has 1 aromatic carbocycles. The Kier molecular flexibility index (Phi) is 3.16. The zero-order valence-electron chi connectivity index (χ0n) is 12.2. The molecule has 0 aliphatic carbocycles. The number of benzene rings is 1. The van der Waals surface area contributed by atoms with Crippen LogP contribution in [0.2, 0.25) is 0 Å². The number of nitrogens with one attached hydrogen (secondary N) is 3. The molecule has 2 heterocycles. The van der Waals surface area contributed by atoms with Gasteiger partial charge in [-0.25, -0.2) is 9.48 Å². The Labute approximate surface area is 125 Å². The molecule has 1 aromatic heterocycles. The molecule has 1 unspecified atom stereocenters. The van der Waals surface area contributed by atoms with E-state index < -0.39 is 17.5 Å². The second kappa shape index (κ2) is 4.90. The lowest BCUT2D eigenvalue weighted by Gasteiger charge is -2.20. The molecule has 0 saturated carbocycles. The smallest absolute Gasteiger partial charge is 0.322 e. The zero-order chi connectivity index (χ0) is 15.9. The summed E-state index contributed by atoms with van der Waals surface area (Å²) in [5.41, 5.74) is -0.793. The van der Waals surface area contributed by atoms with Gasteiger partial charge in [-0.05, 0) is 32.0 Å². The second-order valence-electron chi connectivity index (χ2n) is 5.38. The molecule has 8 heteroatoms. The lowest BCUT2D eigenvalue weighted by atomic mass is 10.0. The van der Waals surface area contributed by atoms with E-state index in [1.165, 1.54) is 4.68 Å². The molecule has 22 heavy (non-hydrogen) atoms. The van der Waals surface area contributed by atoms with Crippen LogP contribution in [0.4, 0.5) is 4.79 Å². The van der Waals surface area contributed by atoms with Gasteiger partial charge >= 0.3 is 6.03 Å². The van der Waals surface area contributed by atoms with Crippen LogP contribution in [0, 0.1) is 0 Å². The van der Waals surface area contributed by atoms with Gasteiger partial charge in [0, 0.05) is 0 Å². The van der Waals surface area contributed by atoms with E-state index in [0.717, 1.165) is 0 Å². The molecular formula is C14H16N4O4. The number of imide groups is 1. The average molecular weight is 304 g/mol. The van der Waals surface area contributed by atoms with Crippen molar-refractivity contribution in [2.24, 2.45) is 0 Å². The number of nitrogens with zero attached hydrogens (tertiary/aromatic N) is 1. The molecule has 1 aliphatic heterocycles. The van der Waals surface area contributed by atoms with Crippen LogP contribution in [0.15, 0.2) is 23.0 Å². The molecule has 3 N–H and O–H groups in total. The van der Waals surface area contributed by atoms with Crippen LogP contribution in [-0.2, 0) is 11.3 Å². The maximum atomic E-state index is 12.4. The van der Waals surface area contributed by atoms with E-state index in [0.29, 0.717) is 23.3 Å². The number of ether oxygens (including phenoxy) is 1. The van der Waals surface area contributed by atoms with Crippen LogP contribution in [0.3, 0.4) is 0 Å². The lowest BCUT2D eigenvalue weighted by molar-refractivity contribution is -0.123. The van der Waals surface area contributed by atoms with Crippen molar-refractivity contribution in [1.82, 2.24) is 20.4 Å². The minimum atomic E-state index is -1.16. The third-order valence-electron chi connectivity index (χ3n) is 3.62. The summed E-state index contributed by atoms with van der Waals surface area (Å²) in [7, 11) is 0. The maximum Gasteiger partial charge on any atom is 0.322 e. The van der Waals surface area contributed by atoms with Crippen LogP contribution in [0.5, 0.6) is 5.75 Å². The molecule has 0 spiro atoms. The van der Waals surface area contributed by atoms with Gasteiger partial charge in [-0.15, -0.1) is 0 Å². The van der Waals surface area contributed by atoms with Crippen LogP contribution < -0.4 is 20.9 Å². The van der Waals surface area contributed by atoms with Gasteiger partial charge in [-0.2, -0.15) is 0 Å². The van der Waals surface area contributed by atoms with E-state index in [4.69, 9.17) is 4.74 Å². The van der Waals surface area contributed by atoms with Crippen molar-refractivity contribution < 1.29 is 14.3 Å². The average Bonchev–Trinajstić information content (AvgIpc) is 2.88. The summed E-state index contributed by atoms with van der Waals surface area (Å²) in [6.07, 6.45) is 0. The molecule has 116 valence electrons. The summed E-state index contributed by atoms with van der Waals surface area (Å²) >= 11 is 0. The maximum absolute atomic E-state index is 12.4. The summed E-state index contributed by atoms with van der Waals surface area (Å²) < 4.78 is 6.69. The molecular weight excluding hydrogens is 288 g/mol. The lowest BCUT2D eigenvalue weighted by Crippen LogP contribution is -2.49. The van der Waals surface area contributed by atoms with Gasteiger partial charge in [0.15, 0.2) is 0 Å². The van der Waals surface area contributed by atoms with Crippen LogP contribution in [0.1, 0.15) is 13.8 Å². The Balaban J connectivity index is 1.98. The Hall–Kier alpha value is -2.77. The fourth-order valence-corrected chi connectivity index (χ4v) is 2.51. The van der Waals surface area contributed by atoms with Crippen LogP contribution >= 0.6 is 0 Å². The first kappa shape index (κ1) is 14.2. The Bertz CT molecular complexity index is 822. The highest BCUT2D eigenvalue weighted by Crippen LogP contribution is 2.18. The van der Waals surface area contributed by atoms with Gasteiger partial charge in [-0.3, -0.25) is 20.0 Å². The number of hydrogen-bond donors (Lipinski definition) is 3. The molecule has 8 nitrogen and oxygen atoms in total. The molecule has 2 aromatic rings. The van der Waals surface area contributed by atoms with Crippen LogP contribution in [-0.4, -0.2) is 33.9 Å². The van der Waals surface area contributed by atoms with Crippen molar-refractivity contribution in [3.05, 3.63) is 28.6 Å². The first-order valence-corrected chi connectivity index (χ1v) is 6.92. The fraction of sp³-hybridized carbons (Fsp3) is 0.357. The van der Waals surface area contributed by atoms with E-state index in [-0.39, 0.29) is 12.1 Å². The number of H-pyrrole nitrogens is 1. The molecule has 3 rings (SSSR count). The van der Waals surface area contributed by atoms with Crippen molar-refractivity contribution in [3.8, 4) is 5.75 Å². The van der Waals surface area contributed by atoms with Crippen molar-refractivity contribution >= 4 is 22.8 Å². The Morgan fingerprint density at radius 3 is 2.68 bits per heavy atom.